The van der Waals surface area contributed by atoms with Gasteiger partial charge in [-0.25, -0.2) is 9.97 Å². The van der Waals surface area contributed by atoms with Crippen molar-refractivity contribution in [1.82, 2.24) is 20.2 Å². The molecule has 1 N–H and O–H groups in total. The number of nitrogens with one attached hydrogen (secondary N) is 1. The standard InChI is InChI=1S/C12H19ClN4/c1-9(2)17-4-3-11(8-17)14-5-10-6-15-12(13)16-7-10/h6-7,9,11,14H,3-5,8H2,1-2H3. The van der Waals surface area contributed by atoms with Crippen molar-refractivity contribution in [3.63, 3.8) is 0 Å². The van der Waals surface area contributed by atoms with Crippen LogP contribution in [0.4, 0.5) is 0 Å². The zero-order valence-corrected chi connectivity index (χ0v) is 11.1. The molecule has 0 aromatic carbocycles. The molecule has 0 amide bonds. The summed E-state index contributed by atoms with van der Waals surface area (Å²) in [6.45, 7) is 7.62. The third kappa shape index (κ3) is 3.63. The van der Waals surface area contributed by atoms with Crippen molar-refractivity contribution in [1.29, 1.82) is 0 Å². The van der Waals surface area contributed by atoms with Crippen molar-refractivity contribution >= 4 is 11.6 Å². The van der Waals surface area contributed by atoms with E-state index in [1.807, 2.05) is 0 Å². The molecule has 1 atom stereocenters. The molecule has 0 aliphatic carbocycles. The van der Waals surface area contributed by atoms with Crippen LogP contribution in [0.3, 0.4) is 0 Å². The molecule has 17 heavy (non-hydrogen) atoms. The van der Waals surface area contributed by atoms with E-state index in [1.165, 1.54) is 13.0 Å². The van der Waals surface area contributed by atoms with E-state index >= 15 is 0 Å². The molecule has 2 rings (SSSR count). The maximum absolute atomic E-state index is 5.64. The maximum atomic E-state index is 5.64. The molecule has 1 aliphatic rings. The Morgan fingerprint density at radius 3 is 2.76 bits per heavy atom. The Labute approximate surface area is 107 Å². The fraction of sp³-hybridized carbons (Fsp3) is 0.667. The van der Waals surface area contributed by atoms with Gasteiger partial charge in [0.2, 0.25) is 5.28 Å². The van der Waals surface area contributed by atoms with Crippen LogP contribution in [0.25, 0.3) is 0 Å². The van der Waals surface area contributed by atoms with Crippen LogP contribution < -0.4 is 5.32 Å². The van der Waals surface area contributed by atoms with Gasteiger partial charge in [-0.2, -0.15) is 0 Å². The number of hydrogen-bond acceptors (Lipinski definition) is 4. The van der Waals surface area contributed by atoms with Gasteiger partial charge < -0.3 is 5.32 Å². The van der Waals surface area contributed by atoms with Crippen molar-refractivity contribution in [3.8, 4) is 0 Å². The van der Waals surface area contributed by atoms with Gasteiger partial charge in [-0.05, 0) is 38.4 Å². The molecule has 1 aromatic heterocycles. The van der Waals surface area contributed by atoms with Gasteiger partial charge in [0.15, 0.2) is 0 Å². The summed E-state index contributed by atoms with van der Waals surface area (Å²) in [5, 5.41) is 3.84. The molecule has 0 saturated carbocycles. The maximum Gasteiger partial charge on any atom is 0.222 e. The molecular weight excluding hydrogens is 236 g/mol. The average Bonchev–Trinajstić information content (AvgIpc) is 2.77. The molecule has 1 fully saturated rings. The molecule has 0 radical (unpaired) electrons. The Morgan fingerprint density at radius 2 is 2.18 bits per heavy atom. The van der Waals surface area contributed by atoms with Crippen LogP contribution in [0, 0.1) is 0 Å². The lowest BCUT2D eigenvalue weighted by Crippen LogP contribution is -2.34. The van der Waals surface area contributed by atoms with Gasteiger partial charge in [0.1, 0.15) is 0 Å². The van der Waals surface area contributed by atoms with E-state index in [-0.39, 0.29) is 0 Å². The van der Waals surface area contributed by atoms with Gasteiger partial charge in [0.25, 0.3) is 0 Å². The summed E-state index contributed by atoms with van der Waals surface area (Å²) in [7, 11) is 0. The van der Waals surface area contributed by atoms with Crippen molar-refractivity contribution in [3.05, 3.63) is 23.2 Å². The van der Waals surface area contributed by atoms with E-state index in [1.54, 1.807) is 12.4 Å². The SMILES string of the molecule is CC(C)N1CCC(NCc2cnc(Cl)nc2)C1. The average molecular weight is 255 g/mol. The van der Waals surface area contributed by atoms with Crippen LogP contribution in [-0.2, 0) is 6.54 Å². The van der Waals surface area contributed by atoms with Gasteiger partial charge in [0.05, 0.1) is 0 Å². The summed E-state index contributed by atoms with van der Waals surface area (Å²) in [4.78, 5) is 10.4. The predicted octanol–water partition coefficient (Wildman–Crippen LogP) is 1.70. The number of aromatic nitrogens is 2. The van der Waals surface area contributed by atoms with Crippen LogP contribution in [0.15, 0.2) is 12.4 Å². The van der Waals surface area contributed by atoms with E-state index < -0.39 is 0 Å². The van der Waals surface area contributed by atoms with E-state index in [0.29, 0.717) is 17.4 Å². The molecule has 4 nitrogen and oxygen atoms in total. The first-order valence-electron chi connectivity index (χ1n) is 6.09. The first kappa shape index (κ1) is 12.7. The lowest BCUT2D eigenvalue weighted by Gasteiger charge is -2.20. The van der Waals surface area contributed by atoms with Crippen molar-refractivity contribution < 1.29 is 0 Å². The highest BCUT2D eigenvalue weighted by atomic mass is 35.5. The lowest BCUT2D eigenvalue weighted by molar-refractivity contribution is 0.268. The third-order valence-electron chi connectivity index (χ3n) is 3.22. The molecule has 1 saturated heterocycles. The number of hydrogen-bond donors (Lipinski definition) is 1. The normalized spacial score (nSPS) is 21.3. The minimum absolute atomic E-state index is 0.306. The fourth-order valence-electron chi connectivity index (χ4n) is 2.12. The topological polar surface area (TPSA) is 41.0 Å². The van der Waals surface area contributed by atoms with Crippen molar-refractivity contribution in [2.75, 3.05) is 13.1 Å². The Bertz CT molecular complexity index is 352. The van der Waals surface area contributed by atoms with Gasteiger partial charge >= 0.3 is 0 Å². The minimum atomic E-state index is 0.306. The number of nitrogens with zero attached hydrogens (tertiary/aromatic N) is 3. The zero-order valence-electron chi connectivity index (χ0n) is 10.4. The second-order valence-corrected chi connectivity index (χ2v) is 5.15. The Kier molecular flexibility index (Phi) is 4.31. The van der Waals surface area contributed by atoms with Crippen LogP contribution in [0.2, 0.25) is 5.28 Å². The Balaban J connectivity index is 1.78. The first-order chi connectivity index (χ1) is 8.15. The summed E-state index contributed by atoms with van der Waals surface area (Å²) in [6, 6.07) is 1.22. The molecule has 1 unspecified atom stereocenters. The molecule has 0 bridgehead atoms. The van der Waals surface area contributed by atoms with Gasteiger partial charge in [0, 0.05) is 43.1 Å². The first-order valence-corrected chi connectivity index (χ1v) is 6.47. The highest BCUT2D eigenvalue weighted by molar-refractivity contribution is 6.28. The number of halogens is 1. The molecule has 2 heterocycles. The molecule has 0 spiro atoms. The van der Waals surface area contributed by atoms with Crippen molar-refractivity contribution in [2.45, 2.75) is 38.9 Å². The summed E-state index contributed by atoms with van der Waals surface area (Å²) in [5.74, 6) is 0. The summed E-state index contributed by atoms with van der Waals surface area (Å²) in [6.07, 6.45) is 4.77. The summed E-state index contributed by atoms with van der Waals surface area (Å²) >= 11 is 5.64. The van der Waals surface area contributed by atoms with Gasteiger partial charge in [-0.15, -0.1) is 0 Å². The lowest BCUT2D eigenvalue weighted by atomic mass is 10.2. The highest BCUT2D eigenvalue weighted by Gasteiger charge is 2.23. The molecular formula is C12H19ClN4. The summed E-state index contributed by atoms with van der Waals surface area (Å²) in [5.41, 5.74) is 1.08. The van der Waals surface area contributed by atoms with Gasteiger partial charge in [-0.1, -0.05) is 0 Å². The zero-order chi connectivity index (χ0) is 12.3. The number of likely N-dealkylation sites (tertiary alicyclic amines) is 1. The molecule has 5 heteroatoms. The third-order valence-corrected chi connectivity index (χ3v) is 3.41. The van der Waals surface area contributed by atoms with Crippen LogP contribution >= 0.6 is 11.6 Å². The quantitative estimate of drug-likeness (QED) is 0.831. The van der Waals surface area contributed by atoms with E-state index in [2.05, 4.69) is 34.0 Å². The highest BCUT2D eigenvalue weighted by Crippen LogP contribution is 2.12. The van der Waals surface area contributed by atoms with E-state index in [0.717, 1.165) is 18.7 Å². The Morgan fingerprint density at radius 1 is 1.47 bits per heavy atom. The monoisotopic (exact) mass is 254 g/mol. The van der Waals surface area contributed by atoms with E-state index in [9.17, 15) is 0 Å². The predicted molar refractivity (Wildman–Crippen MR) is 69.0 cm³/mol. The van der Waals surface area contributed by atoms with Crippen LogP contribution in [0.5, 0.6) is 0 Å². The molecule has 94 valence electrons. The van der Waals surface area contributed by atoms with Crippen LogP contribution in [0.1, 0.15) is 25.8 Å². The van der Waals surface area contributed by atoms with Crippen LogP contribution in [-0.4, -0.2) is 40.0 Å². The second kappa shape index (κ2) is 5.76. The minimum Gasteiger partial charge on any atom is -0.308 e. The fourth-order valence-corrected chi connectivity index (χ4v) is 2.21. The van der Waals surface area contributed by atoms with Crippen molar-refractivity contribution in [2.24, 2.45) is 0 Å². The Hall–Kier alpha value is -0.710. The molecule has 1 aromatic rings. The second-order valence-electron chi connectivity index (χ2n) is 4.82. The largest absolute Gasteiger partial charge is 0.308 e. The molecule has 1 aliphatic heterocycles. The number of rotatable bonds is 4. The van der Waals surface area contributed by atoms with E-state index in [4.69, 9.17) is 11.6 Å². The van der Waals surface area contributed by atoms with Gasteiger partial charge in [-0.3, -0.25) is 4.90 Å². The summed E-state index contributed by atoms with van der Waals surface area (Å²) < 4.78 is 0. The smallest absolute Gasteiger partial charge is 0.222 e.